The van der Waals surface area contributed by atoms with Gasteiger partial charge in [0.25, 0.3) is 5.91 Å². The molecule has 1 fully saturated rings. The highest BCUT2D eigenvalue weighted by atomic mass is 32.2. The molecule has 2 heterocycles. The van der Waals surface area contributed by atoms with E-state index in [1.54, 1.807) is 0 Å². The highest BCUT2D eigenvalue weighted by Gasteiger charge is 2.25. The summed E-state index contributed by atoms with van der Waals surface area (Å²) in [6, 6.07) is 17.4. The molecule has 1 saturated heterocycles. The zero-order valence-electron chi connectivity index (χ0n) is 18.4. The number of aromatic nitrogens is 3. The normalized spacial score (nSPS) is 13.9. The summed E-state index contributed by atoms with van der Waals surface area (Å²) in [7, 11) is 0. The van der Waals surface area contributed by atoms with Crippen LogP contribution in [0.3, 0.4) is 0 Å². The van der Waals surface area contributed by atoms with E-state index in [1.165, 1.54) is 11.8 Å². The van der Waals surface area contributed by atoms with Gasteiger partial charge in [-0.15, -0.1) is 10.2 Å². The molecule has 0 aliphatic carbocycles. The predicted molar refractivity (Wildman–Crippen MR) is 126 cm³/mol. The van der Waals surface area contributed by atoms with Crippen LogP contribution in [-0.4, -0.2) is 68.3 Å². The molecule has 0 bridgehead atoms. The Bertz CT molecular complexity index is 1090. The van der Waals surface area contributed by atoms with Crippen molar-refractivity contribution >= 4 is 23.6 Å². The first-order valence-electron chi connectivity index (χ1n) is 10.8. The lowest BCUT2D eigenvalue weighted by molar-refractivity contribution is -0.129. The number of carbonyl (C=O) groups excluding carboxylic acids is 2. The van der Waals surface area contributed by atoms with Gasteiger partial charge in [0.05, 0.1) is 5.75 Å². The molecule has 7 nitrogen and oxygen atoms in total. The third-order valence-corrected chi connectivity index (χ3v) is 6.64. The van der Waals surface area contributed by atoms with Crippen molar-refractivity contribution in [2.24, 2.45) is 0 Å². The fourth-order valence-corrected chi connectivity index (χ4v) is 4.75. The fourth-order valence-electron chi connectivity index (χ4n) is 3.84. The Labute approximate surface area is 192 Å². The van der Waals surface area contributed by atoms with Crippen molar-refractivity contribution in [2.45, 2.75) is 25.5 Å². The van der Waals surface area contributed by atoms with Crippen LogP contribution in [0.2, 0.25) is 0 Å². The Balaban J connectivity index is 1.34. The monoisotopic (exact) mass is 449 g/mol. The van der Waals surface area contributed by atoms with Gasteiger partial charge in [-0.2, -0.15) is 0 Å². The van der Waals surface area contributed by atoms with Crippen LogP contribution < -0.4 is 0 Å². The smallest absolute Gasteiger partial charge is 0.253 e. The third-order valence-electron chi connectivity index (χ3n) is 5.68. The third kappa shape index (κ3) is 4.70. The molecule has 2 amide bonds. The second-order valence-electron chi connectivity index (χ2n) is 7.69. The van der Waals surface area contributed by atoms with Gasteiger partial charge >= 0.3 is 0 Å². The Morgan fingerprint density at radius 2 is 1.56 bits per heavy atom. The number of carbonyl (C=O) groups is 2. The molecule has 3 aromatic rings. The molecule has 0 saturated carbocycles. The van der Waals surface area contributed by atoms with Gasteiger partial charge < -0.3 is 14.4 Å². The molecule has 8 heteroatoms. The van der Waals surface area contributed by atoms with Crippen LogP contribution in [0.4, 0.5) is 0 Å². The molecule has 1 aromatic heterocycles. The average Bonchev–Trinajstić information content (AvgIpc) is 3.25. The van der Waals surface area contributed by atoms with Crippen molar-refractivity contribution < 1.29 is 9.59 Å². The minimum absolute atomic E-state index is 0.0202. The molecule has 32 heavy (non-hydrogen) atoms. The maximum Gasteiger partial charge on any atom is 0.253 e. The second kappa shape index (κ2) is 9.99. The van der Waals surface area contributed by atoms with Gasteiger partial charge in [0.2, 0.25) is 5.91 Å². The molecule has 1 aliphatic rings. The van der Waals surface area contributed by atoms with Crippen molar-refractivity contribution in [1.29, 1.82) is 0 Å². The van der Waals surface area contributed by atoms with E-state index in [1.807, 2.05) is 58.3 Å². The number of piperazine rings is 1. The molecule has 0 N–H and O–H groups in total. The maximum atomic E-state index is 12.8. The molecule has 0 spiro atoms. The minimum atomic E-state index is 0.0202. The van der Waals surface area contributed by atoms with Crippen LogP contribution >= 0.6 is 11.8 Å². The van der Waals surface area contributed by atoms with E-state index < -0.39 is 0 Å². The van der Waals surface area contributed by atoms with Crippen LogP contribution in [0.5, 0.6) is 0 Å². The molecule has 0 radical (unpaired) electrons. The molecule has 4 rings (SSSR count). The molecule has 166 valence electrons. The first-order valence-corrected chi connectivity index (χ1v) is 11.8. The summed E-state index contributed by atoms with van der Waals surface area (Å²) < 4.78 is 2.05. The zero-order valence-corrected chi connectivity index (χ0v) is 19.2. The molecular weight excluding hydrogens is 422 g/mol. The van der Waals surface area contributed by atoms with E-state index in [-0.39, 0.29) is 11.8 Å². The van der Waals surface area contributed by atoms with E-state index in [2.05, 4.69) is 34.7 Å². The van der Waals surface area contributed by atoms with E-state index in [4.69, 9.17) is 0 Å². The van der Waals surface area contributed by atoms with Crippen LogP contribution in [-0.2, 0) is 11.3 Å². The highest BCUT2D eigenvalue weighted by Crippen LogP contribution is 2.26. The van der Waals surface area contributed by atoms with Crippen molar-refractivity contribution in [3.05, 3.63) is 65.7 Å². The van der Waals surface area contributed by atoms with Gasteiger partial charge in [-0.1, -0.05) is 54.2 Å². The Hall–Kier alpha value is -3.13. The average molecular weight is 450 g/mol. The van der Waals surface area contributed by atoms with Crippen molar-refractivity contribution in [2.75, 3.05) is 31.9 Å². The number of aryl methyl sites for hydroxylation is 1. The number of amides is 2. The van der Waals surface area contributed by atoms with Crippen LogP contribution in [0, 0.1) is 6.92 Å². The summed E-state index contributed by atoms with van der Waals surface area (Å²) >= 11 is 1.42. The summed E-state index contributed by atoms with van der Waals surface area (Å²) in [5.74, 6) is 1.21. The summed E-state index contributed by atoms with van der Waals surface area (Å²) in [5.41, 5.74) is 2.88. The first kappa shape index (κ1) is 22.1. The lowest BCUT2D eigenvalue weighted by Gasteiger charge is -2.34. The number of nitrogens with zero attached hydrogens (tertiary/aromatic N) is 5. The molecule has 1 aliphatic heterocycles. The number of rotatable bonds is 6. The second-order valence-corrected chi connectivity index (χ2v) is 8.64. The van der Waals surface area contributed by atoms with Gasteiger partial charge in [0.1, 0.15) is 0 Å². The highest BCUT2D eigenvalue weighted by molar-refractivity contribution is 7.99. The summed E-state index contributed by atoms with van der Waals surface area (Å²) in [6.45, 7) is 7.04. The van der Waals surface area contributed by atoms with E-state index in [9.17, 15) is 9.59 Å². The Morgan fingerprint density at radius 1 is 0.906 bits per heavy atom. The van der Waals surface area contributed by atoms with Gasteiger partial charge in [0.15, 0.2) is 11.0 Å². The van der Waals surface area contributed by atoms with Gasteiger partial charge in [-0.3, -0.25) is 9.59 Å². The van der Waals surface area contributed by atoms with Crippen LogP contribution in [0.25, 0.3) is 11.4 Å². The van der Waals surface area contributed by atoms with Gasteiger partial charge in [-0.25, -0.2) is 0 Å². The maximum absolute atomic E-state index is 12.8. The van der Waals surface area contributed by atoms with E-state index in [0.29, 0.717) is 37.5 Å². The quantitative estimate of drug-likeness (QED) is 0.540. The van der Waals surface area contributed by atoms with Crippen molar-refractivity contribution in [3.8, 4) is 11.4 Å². The zero-order chi connectivity index (χ0) is 22.5. The molecule has 0 unspecified atom stereocenters. The molecule has 2 aromatic carbocycles. The van der Waals surface area contributed by atoms with Gasteiger partial charge in [0, 0.05) is 43.9 Å². The van der Waals surface area contributed by atoms with Crippen LogP contribution in [0.1, 0.15) is 22.8 Å². The summed E-state index contributed by atoms with van der Waals surface area (Å²) in [6.07, 6.45) is 0. The Morgan fingerprint density at radius 3 is 2.25 bits per heavy atom. The number of hydrogen-bond donors (Lipinski definition) is 0. The van der Waals surface area contributed by atoms with Crippen molar-refractivity contribution in [3.63, 3.8) is 0 Å². The molecule has 0 atom stereocenters. The predicted octanol–water partition coefficient (Wildman–Crippen LogP) is 3.35. The van der Waals surface area contributed by atoms with Crippen molar-refractivity contribution in [1.82, 2.24) is 24.6 Å². The largest absolute Gasteiger partial charge is 0.338 e. The fraction of sp³-hybridized carbons (Fsp3) is 0.333. The molecular formula is C24H27N5O2S. The van der Waals surface area contributed by atoms with Gasteiger partial charge in [-0.05, 0) is 31.5 Å². The minimum Gasteiger partial charge on any atom is -0.338 e. The number of thioether (sulfide) groups is 1. The van der Waals surface area contributed by atoms with Crippen LogP contribution in [0.15, 0.2) is 59.8 Å². The number of hydrogen-bond acceptors (Lipinski definition) is 5. The lowest BCUT2D eigenvalue weighted by atomic mass is 10.1. The topological polar surface area (TPSA) is 71.3 Å². The summed E-state index contributed by atoms with van der Waals surface area (Å²) in [5, 5.41) is 9.48. The first-order chi connectivity index (χ1) is 15.6. The van der Waals surface area contributed by atoms with E-state index >= 15 is 0 Å². The Kier molecular flexibility index (Phi) is 6.90. The van der Waals surface area contributed by atoms with E-state index in [0.717, 1.165) is 28.7 Å². The summed E-state index contributed by atoms with van der Waals surface area (Å²) in [4.78, 5) is 29.0. The lowest BCUT2D eigenvalue weighted by Crippen LogP contribution is -2.51. The standard InChI is InChI=1S/C24H27N5O2S/c1-3-29-22(20-12-8-7-9-18(20)2)25-26-24(29)32-17-21(30)27-13-15-28(16-14-27)23(31)19-10-5-4-6-11-19/h4-12H,3,13-17H2,1-2H3. The SMILES string of the molecule is CCn1c(SCC(=O)N2CCN(C(=O)c3ccccc3)CC2)nnc1-c1ccccc1C. The number of benzene rings is 2.